The van der Waals surface area contributed by atoms with E-state index in [0.717, 1.165) is 23.8 Å². The molecule has 106 valence electrons. The van der Waals surface area contributed by atoms with E-state index in [4.69, 9.17) is 5.73 Å². The predicted octanol–water partition coefficient (Wildman–Crippen LogP) is 2.93. The number of amides is 2. The summed E-state index contributed by atoms with van der Waals surface area (Å²) in [6.45, 7) is 1.35. The normalized spacial score (nSPS) is 11.9. The Morgan fingerprint density at radius 2 is 2.20 bits per heavy atom. The number of nitrogens with one attached hydrogen (secondary N) is 2. The second-order valence-corrected chi connectivity index (χ2v) is 4.71. The molecular formula is C11H11F2N5OS. The Kier molecular flexibility index (Phi) is 4.08. The van der Waals surface area contributed by atoms with Crippen molar-refractivity contribution in [2.24, 2.45) is 0 Å². The molecule has 0 aliphatic carbocycles. The molecule has 2 aromatic heterocycles. The van der Waals surface area contributed by atoms with Crippen LogP contribution in [-0.4, -0.2) is 15.4 Å². The van der Waals surface area contributed by atoms with E-state index in [0.29, 0.717) is 5.00 Å². The Labute approximate surface area is 117 Å². The molecule has 2 rings (SSSR count). The van der Waals surface area contributed by atoms with Gasteiger partial charge >= 0.3 is 6.03 Å². The summed E-state index contributed by atoms with van der Waals surface area (Å²) in [6.07, 6.45) is -0.115. The molecule has 2 amide bonds. The fraction of sp³-hybridized carbons (Fsp3) is 0.182. The Hall–Kier alpha value is -2.29. The Balaban J connectivity index is 2.03. The number of hydrogen-bond donors (Lipinski definition) is 3. The zero-order valence-electron chi connectivity index (χ0n) is 10.4. The van der Waals surface area contributed by atoms with Crippen molar-refractivity contribution in [3.63, 3.8) is 0 Å². The SMILES string of the molecule is CC(F)c1cc(NC(=O)Nc2cc(F)ncc2N)sn1. The van der Waals surface area contributed by atoms with E-state index >= 15 is 0 Å². The van der Waals surface area contributed by atoms with Crippen LogP contribution >= 0.6 is 11.5 Å². The molecule has 0 aliphatic rings. The zero-order valence-corrected chi connectivity index (χ0v) is 11.2. The van der Waals surface area contributed by atoms with Crippen molar-refractivity contribution in [3.05, 3.63) is 30.0 Å². The van der Waals surface area contributed by atoms with Gasteiger partial charge in [0, 0.05) is 6.07 Å². The summed E-state index contributed by atoms with van der Waals surface area (Å²) in [5.41, 5.74) is 6.00. The van der Waals surface area contributed by atoms with Crippen molar-refractivity contribution in [2.45, 2.75) is 13.1 Å². The zero-order chi connectivity index (χ0) is 14.7. The number of halogens is 2. The van der Waals surface area contributed by atoms with Crippen molar-refractivity contribution in [3.8, 4) is 0 Å². The van der Waals surface area contributed by atoms with Crippen LogP contribution in [0.25, 0.3) is 0 Å². The molecular weight excluding hydrogens is 288 g/mol. The number of rotatable bonds is 3. The minimum atomic E-state index is -1.21. The fourth-order valence-electron chi connectivity index (χ4n) is 1.35. The van der Waals surface area contributed by atoms with Gasteiger partial charge in [-0.25, -0.2) is 14.2 Å². The molecule has 0 spiro atoms. The van der Waals surface area contributed by atoms with E-state index in [-0.39, 0.29) is 17.1 Å². The lowest BCUT2D eigenvalue weighted by molar-refractivity contribution is 0.262. The van der Waals surface area contributed by atoms with Crippen molar-refractivity contribution >= 4 is 33.9 Å². The third-order valence-electron chi connectivity index (χ3n) is 2.32. The first-order chi connectivity index (χ1) is 9.45. The lowest BCUT2D eigenvalue weighted by atomic mass is 10.3. The summed E-state index contributed by atoms with van der Waals surface area (Å²) in [5.74, 6) is -0.763. The number of aromatic nitrogens is 2. The minimum Gasteiger partial charge on any atom is -0.396 e. The smallest absolute Gasteiger partial charge is 0.324 e. The molecule has 0 saturated carbocycles. The highest BCUT2D eigenvalue weighted by atomic mass is 32.1. The summed E-state index contributed by atoms with van der Waals surface area (Å²) in [7, 11) is 0. The van der Waals surface area contributed by atoms with E-state index in [2.05, 4.69) is 20.0 Å². The van der Waals surface area contributed by atoms with Crippen LogP contribution in [0, 0.1) is 5.95 Å². The molecule has 0 bridgehead atoms. The molecule has 1 atom stereocenters. The van der Waals surface area contributed by atoms with Crippen molar-refractivity contribution in [1.82, 2.24) is 9.36 Å². The molecule has 6 nitrogen and oxygen atoms in total. The number of alkyl halides is 1. The van der Waals surface area contributed by atoms with Gasteiger partial charge in [0.1, 0.15) is 11.2 Å². The standard InChI is InChI=1S/C11H11F2N5OS/c1-5(12)7-3-10(20-18-7)17-11(19)16-8-2-9(13)15-4-6(8)14/h2-5H,14H2,1H3,(H2,15,16,17,19). The van der Waals surface area contributed by atoms with Crippen LogP contribution in [-0.2, 0) is 0 Å². The highest BCUT2D eigenvalue weighted by molar-refractivity contribution is 7.10. The number of carbonyl (C=O) groups excluding carboxylic acids is 1. The third-order valence-corrected chi connectivity index (χ3v) is 3.04. The summed E-state index contributed by atoms with van der Waals surface area (Å²) in [6, 6.07) is 1.78. The minimum absolute atomic E-state index is 0.0959. The number of nitrogen functional groups attached to an aromatic ring is 1. The second-order valence-electron chi connectivity index (χ2n) is 3.91. The topological polar surface area (TPSA) is 92.9 Å². The van der Waals surface area contributed by atoms with Gasteiger partial charge in [0.05, 0.1) is 23.3 Å². The molecule has 20 heavy (non-hydrogen) atoms. The van der Waals surface area contributed by atoms with Crippen LogP contribution < -0.4 is 16.4 Å². The summed E-state index contributed by atoms with van der Waals surface area (Å²) in [4.78, 5) is 15.0. The lowest BCUT2D eigenvalue weighted by Gasteiger charge is -2.07. The van der Waals surface area contributed by atoms with Gasteiger partial charge in [-0.2, -0.15) is 8.76 Å². The predicted molar refractivity (Wildman–Crippen MR) is 72.9 cm³/mol. The number of hydrogen-bond acceptors (Lipinski definition) is 5. The molecule has 0 fully saturated rings. The maximum absolute atomic E-state index is 13.0. The number of pyridine rings is 1. The van der Waals surface area contributed by atoms with Crippen molar-refractivity contribution in [1.29, 1.82) is 0 Å². The summed E-state index contributed by atoms with van der Waals surface area (Å²) < 4.78 is 29.7. The number of carbonyl (C=O) groups is 1. The van der Waals surface area contributed by atoms with Crippen LogP contribution in [0.4, 0.5) is 30.0 Å². The van der Waals surface area contributed by atoms with Gasteiger partial charge in [0.2, 0.25) is 5.95 Å². The van der Waals surface area contributed by atoms with Gasteiger partial charge in [-0.05, 0) is 24.5 Å². The van der Waals surface area contributed by atoms with Crippen LogP contribution in [0.15, 0.2) is 18.3 Å². The van der Waals surface area contributed by atoms with Crippen LogP contribution in [0.3, 0.4) is 0 Å². The maximum Gasteiger partial charge on any atom is 0.324 e. The highest BCUT2D eigenvalue weighted by Crippen LogP contribution is 2.24. The van der Waals surface area contributed by atoms with Gasteiger partial charge in [-0.3, -0.25) is 5.32 Å². The van der Waals surface area contributed by atoms with E-state index in [1.54, 1.807) is 0 Å². The fourth-order valence-corrected chi connectivity index (χ4v) is 2.06. The van der Waals surface area contributed by atoms with Crippen LogP contribution in [0.1, 0.15) is 18.8 Å². The Morgan fingerprint density at radius 3 is 2.85 bits per heavy atom. The van der Waals surface area contributed by atoms with E-state index in [1.165, 1.54) is 13.0 Å². The molecule has 4 N–H and O–H groups in total. The van der Waals surface area contributed by atoms with Crippen molar-refractivity contribution < 1.29 is 13.6 Å². The Morgan fingerprint density at radius 1 is 1.45 bits per heavy atom. The number of urea groups is 1. The van der Waals surface area contributed by atoms with Crippen molar-refractivity contribution in [2.75, 3.05) is 16.4 Å². The van der Waals surface area contributed by atoms with Crippen LogP contribution in [0.5, 0.6) is 0 Å². The molecule has 0 saturated heterocycles. The molecule has 0 aliphatic heterocycles. The van der Waals surface area contributed by atoms with Gasteiger partial charge < -0.3 is 11.1 Å². The van der Waals surface area contributed by atoms with Gasteiger partial charge in [0.15, 0.2) is 0 Å². The lowest BCUT2D eigenvalue weighted by Crippen LogP contribution is -2.19. The Bertz CT molecular complexity index is 631. The monoisotopic (exact) mass is 299 g/mol. The molecule has 1 unspecified atom stereocenters. The molecule has 2 heterocycles. The summed E-state index contributed by atoms with van der Waals surface area (Å²) >= 11 is 0.944. The van der Waals surface area contributed by atoms with E-state index in [9.17, 15) is 13.6 Å². The quantitative estimate of drug-likeness (QED) is 0.760. The molecule has 0 aromatic carbocycles. The molecule has 9 heteroatoms. The number of nitrogens with zero attached hydrogens (tertiary/aromatic N) is 2. The average Bonchev–Trinajstić information content (AvgIpc) is 2.82. The van der Waals surface area contributed by atoms with Gasteiger partial charge in [-0.1, -0.05) is 0 Å². The highest BCUT2D eigenvalue weighted by Gasteiger charge is 2.12. The maximum atomic E-state index is 13.0. The number of anilines is 3. The average molecular weight is 299 g/mol. The van der Waals surface area contributed by atoms with Gasteiger partial charge in [-0.15, -0.1) is 0 Å². The van der Waals surface area contributed by atoms with E-state index in [1.807, 2.05) is 0 Å². The van der Waals surface area contributed by atoms with Crippen LogP contribution in [0.2, 0.25) is 0 Å². The second kappa shape index (κ2) is 5.78. The van der Waals surface area contributed by atoms with E-state index < -0.39 is 18.2 Å². The first-order valence-electron chi connectivity index (χ1n) is 5.55. The summed E-state index contributed by atoms with van der Waals surface area (Å²) in [5, 5.41) is 5.19. The number of nitrogens with two attached hydrogens (primary N) is 1. The third kappa shape index (κ3) is 3.38. The molecule has 2 aromatic rings. The molecule has 0 radical (unpaired) electrons. The first-order valence-corrected chi connectivity index (χ1v) is 6.32. The van der Waals surface area contributed by atoms with Gasteiger partial charge in [0.25, 0.3) is 0 Å². The largest absolute Gasteiger partial charge is 0.396 e. The first kappa shape index (κ1) is 14.1.